The Labute approximate surface area is 123 Å². The van der Waals surface area contributed by atoms with Crippen LogP contribution in [0.15, 0.2) is 4.90 Å². The topological polar surface area (TPSA) is 91.9 Å². The lowest BCUT2D eigenvalue weighted by atomic mass is 10.1. The van der Waals surface area contributed by atoms with E-state index in [2.05, 4.69) is 15.5 Å². The van der Waals surface area contributed by atoms with Crippen LogP contribution in [0.3, 0.4) is 0 Å². The molecule has 0 spiro atoms. The van der Waals surface area contributed by atoms with E-state index in [0.717, 1.165) is 6.42 Å². The summed E-state index contributed by atoms with van der Waals surface area (Å²) < 4.78 is 23.3. The molecule has 0 aromatic carbocycles. The van der Waals surface area contributed by atoms with Gasteiger partial charge in [0.25, 0.3) is 15.0 Å². The third kappa shape index (κ3) is 3.96. The summed E-state index contributed by atoms with van der Waals surface area (Å²) in [5.74, 6) is -0.367. The third-order valence-corrected chi connectivity index (χ3v) is 4.46. The molecule has 1 heterocycles. The number of rotatable bonds is 6. The molecule has 1 amide bonds. The van der Waals surface area contributed by atoms with Crippen LogP contribution in [0.2, 0.25) is 0 Å². The van der Waals surface area contributed by atoms with Gasteiger partial charge in [-0.25, -0.2) is 8.42 Å². The highest BCUT2D eigenvalue weighted by molar-refractivity contribution is 8.13. The largest absolute Gasteiger partial charge is 0.350 e. The molecule has 0 fully saturated rings. The van der Waals surface area contributed by atoms with Crippen LogP contribution >= 0.6 is 10.7 Å². The second kappa shape index (κ2) is 6.58. The Hall–Kier alpha value is -1.08. The first-order chi connectivity index (χ1) is 9.18. The number of hydrogen-bond acceptors (Lipinski definition) is 4. The van der Waals surface area contributed by atoms with E-state index < -0.39 is 15.0 Å². The number of carbonyl (C=O) groups is 1. The quantitative estimate of drug-likeness (QED) is 0.786. The highest BCUT2D eigenvalue weighted by Crippen LogP contribution is 2.27. The average molecular weight is 322 g/mol. The maximum Gasteiger partial charge on any atom is 0.273 e. The molecule has 114 valence electrons. The van der Waals surface area contributed by atoms with E-state index >= 15 is 0 Å². The van der Waals surface area contributed by atoms with Gasteiger partial charge in [-0.05, 0) is 11.8 Å². The molecule has 20 heavy (non-hydrogen) atoms. The Kier molecular flexibility index (Phi) is 5.59. The van der Waals surface area contributed by atoms with E-state index in [0.29, 0.717) is 18.2 Å². The number of aromatic amines is 1. The van der Waals surface area contributed by atoms with Crippen molar-refractivity contribution in [2.24, 2.45) is 5.92 Å². The maximum absolute atomic E-state index is 12.1. The van der Waals surface area contributed by atoms with Crippen molar-refractivity contribution in [1.29, 1.82) is 0 Å². The SMILES string of the molecule is CCC(C)CNC(=O)c1n[nH]c(C(C)C)c1S(=O)(=O)Cl. The predicted octanol–water partition coefficient (Wildman–Crippen LogP) is 2.24. The van der Waals surface area contributed by atoms with Crippen molar-refractivity contribution in [2.75, 3.05) is 6.54 Å². The zero-order chi connectivity index (χ0) is 15.5. The van der Waals surface area contributed by atoms with E-state index in [1.54, 1.807) is 13.8 Å². The molecule has 0 aliphatic rings. The highest BCUT2D eigenvalue weighted by Gasteiger charge is 2.29. The van der Waals surface area contributed by atoms with Crippen molar-refractivity contribution in [1.82, 2.24) is 15.5 Å². The lowest BCUT2D eigenvalue weighted by Gasteiger charge is -2.09. The zero-order valence-electron chi connectivity index (χ0n) is 12.0. The second-order valence-electron chi connectivity index (χ2n) is 5.13. The van der Waals surface area contributed by atoms with Crippen LogP contribution in [0.5, 0.6) is 0 Å². The average Bonchev–Trinajstić information content (AvgIpc) is 2.80. The summed E-state index contributed by atoms with van der Waals surface area (Å²) in [5, 5.41) is 9.07. The number of amides is 1. The number of nitrogens with one attached hydrogen (secondary N) is 2. The fourth-order valence-electron chi connectivity index (χ4n) is 1.63. The van der Waals surface area contributed by atoms with Crippen LogP contribution < -0.4 is 5.32 Å². The van der Waals surface area contributed by atoms with Gasteiger partial charge in [0.05, 0.1) is 5.69 Å². The van der Waals surface area contributed by atoms with Gasteiger partial charge < -0.3 is 5.32 Å². The van der Waals surface area contributed by atoms with E-state index in [4.69, 9.17) is 10.7 Å². The summed E-state index contributed by atoms with van der Waals surface area (Å²) in [6.45, 7) is 8.04. The molecule has 1 atom stereocenters. The number of H-pyrrole nitrogens is 1. The first kappa shape index (κ1) is 17.0. The minimum atomic E-state index is -4.04. The van der Waals surface area contributed by atoms with Crippen LogP contribution in [0.1, 0.15) is 56.2 Å². The van der Waals surface area contributed by atoms with E-state index in [1.165, 1.54) is 0 Å². The van der Waals surface area contributed by atoms with Gasteiger partial charge in [0, 0.05) is 17.2 Å². The fourth-order valence-corrected chi connectivity index (χ4v) is 3.01. The summed E-state index contributed by atoms with van der Waals surface area (Å²) in [6.07, 6.45) is 0.915. The molecule has 1 rings (SSSR count). The molecule has 0 saturated heterocycles. The smallest absolute Gasteiger partial charge is 0.273 e. The van der Waals surface area contributed by atoms with Crippen LogP contribution in [0.25, 0.3) is 0 Å². The molecule has 1 aromatic rings. The second-order valence-corrected chi connectivity index (χ2v) is 7.63. The monoisotopic (exact) mass is 321 g/mol. The van der Waals surface area contributed by atoms with E-state index in [-0.39, 0.29) is 16.5 Å². The Balaban J connectivity index is 3.10. The standard InChI is InChI=1S/C12H20ClN3O3S/c1-5-8(4)6-14-12(17)10-11(20(13,18)19)9(7(2)3)15-16-10/h7-8H,5-6H2,1-4H3,(H,14,17)(H,15,16). The molecule has 1 unspecified atom stereocenters. The molecule has 0 bridgehead atoms. The Morgan fingerprint density at radius 3 is 2.45 bits per heavy atom. The molecule has 2 N–H and O–H groups in total. The van der Waals surface area contributed by atoms with Crippen LogP contribution in [0.4, 0.5) is 0 Å². The molecule has 8 heteroatoms. The molecule has 0 aliphatic heterocycles. The Bertz CT molecular complexity index is 581. The van der Waals surface area contributed by atoms with Crippen LogP contribution in [0, 0.1) is 5.92 Å². The molecular weight excluding hydrogens is 302 g/mol. The number of aromatic nitrogens is 2. The molecule has 0 saturated carbocycles. The zero-order valence-corrected chi connectivity index (χ0v) is 13.6. The minimum absolute atomic E-state index is 0.137. The summed E-state index contributed by atoms with van der Waals surface area (Å²) in [4.78, 5) is 11.8. The lowest BCUT2D eigenvalue weighted by Crippen LogP contribution is -2.29. The van der Waals surface area contributed by atoms with Gasteiger partial charge in [-0.15, -0.1) is 0 Å². The predicted molar refractivity (Wildman–Crippen MR) is 77.5 cm³/mol. The van der Waals surface area contributed by atoms with Gasteiger partial charge in [0.2, 0.25) is 0 Å². The van der Waals surface area contributed by atoms with E-state index in [9.17, 15) is 13.2 Å². The Morgan fingerprint density at radius 2 is 2.00 bits per heavy atom. The van der Waals surface area contributed by atoms with Crippen molar-refractivity contribution >= 4 is 25.6 Å². The fraction of sp³-hybridized carbons (Fsp3) is 0.667. The van der Waals surface area contributed by atoms with Gasteiger partial charge in [0.1, 0.15) is 4.90 Å². The van der Waals surface area contributed by atoms with Crippen molar-refractivity contribution in [3.63, 3.8) is 0 Å². The maximum atomic E-state index is 12.1. The van der Waals surface area contributed by atoms with E-state index in [1.807, 2.05) is 13.8 Å². The lowest BCUT2D eigenvalue weighted by molar-refractivity contribution is 0.0939. The van der Waals surface area contributed by atoms with Crippen molar-refractivity contribution in [3.8, 4) is 0 Å². The molecule has 0 aliphatic carbocycles. The van der Waals surface area contributed by atoms with Gasteiger partial charge in [-0.3, -0.25) is 9.89 Å². The number of halogens is 1. The van der Waals surface area contributed by atoms with Gasteiger partial charge in [-0.1, -0.05) is 34.1 Å². The first-order valence-electron chi connectivity index (χ1n) is 6.49. The Morgan fingerprint density at radius 1 is 1.40 bits per heavy atom. The molecular formula is C12H20ClN3O3S. The summed E-state index contributed by atoms with van der Waals surface area (Å²) >= 11 is 0. The molecule has 0 radical (unpaired) electrons. The van der Waals surface area contributed by atoms with Crippen molar-refractivity contribution in [2.45, 2.75) is 44.9 Å². The number of hydrogen-bond donors (Lipinski definition) is 2. The highest BCUT2D eigenvalue weighted by atomic mass is 35.7. The summed E-state index contributed by atoms with van der Waals surface area (Å²) in [5.41, 5.74) is 0.167. The summed E-state index contributed by atoms with van der Waals surface area (Å²) in [7, 11) is 1.38. The number of carbonyl (C=O) groups excluding carboxylic acids is 1. The van der Waals surface area contributed by atoms with Crippen molar-refractivity contribution < 1.29 is 13.2 Å². The first-order valence-corrected chi connectivity index (χ1v) is 8.80. The molecule has 6 nitrogen and oxygen atoms in total. The molecule has 1 aromatic heterocycles. The van der Waals surface area contributed by atoms with Crippen LogP contribution in [-0.4, -0.2) is 31.1 Å². The third-order valence-electron chi connectivity index (χ3n) is 3.09. The van der Waals surface area contributed by atoms with Crippen molar-refractivity contribution in [3.05, 3.63) is 11.4 Å². The number of nitrogens with zero attached hydrogens (tertiary/aromatic N) is 1. The normalized spacial score (nSPS) is 13.5. The van der Waals surface area contributed by atoms with Gasteiger partial charge >= 0.3 is 0 Å². The summed E-state index contributed by atoms with van der Waals surface area (Å²) in [6, 6.07) is 0. The minimum Gasteiger partial charge on any atom is -0.350 e. The van der Waals surface area contributed by atoms with Gasteiger partial charge in [0.15, 0.2) is 5.69 Å². The van der Waals surface area contributed by atoms with Gasteiger partial charge in [-0.2, -0.15) is 5.10 Å². The van der Waals surface area contributed by atoms with Crippen LogP contribution in [-0.2, 0) is 9.05 Å².